The number of hydrogen-bond donors (Lipinski definition) is 1. The van der Waals surface area contributed by atoms with E-state index in [2.05, 4.69) is 18.2 Å². The van der Waals surface area contributed by atoms with Gasteiger partial charge >= 0.3 is 0 Å². The SMILES string of the molecule is Oc1c(C=NC2CC3CCC2C3)cccc1C12CC3CC(CC(C3)C1)C2. The van der Waals surface area contributed by atoms with Crippen LogP contribution in [0.15, 0.2) is 23.2 Å². The summed E-state index contributed by atoms with van der Waals surface area (Å²) in [7, 11) is 0. The first-order valence-electron chi connectivity index (χ1n) is 11.0. The molecule has 2 heteroatoms. The fourth-order valence-electron chi connectivity index (χ4n) is 8.10. The Kier molecular flexibility index (Phi) is 3.38. The normalized spacial score (nSPS) is 45.8. The molecule has 6 aliphatic carbocycles. The van der Waals surface area contributed by atoms with E-state index in [-0.39, 0.29) is 5.41 Å². The summed E-state index contributed by atoms with van der Waals surface area (Å²) in [6.45, 7) is 0. The molecule has 6 saturated carbocycles. The molecule has 138 valence electrons. The Morgan fingerprint density at radius 3 is 2.23 bits per heavy atom. The third-order valence-corrected chi connectivity index (χ3v) is 8.78. The van der Waals surface area contributed by atoms with Gasteiger partial charge in [-0.15, -0.1) is 0 Å². The second-order valence-electron chi connectivity index (χ2n) is 10.5. The van der Waals surface area contributed by atoms with E-state index in [0.717, 1.165) is 35.2 Å². The Bertz CT molecular complexity index is 715. The van der Waals surface area contributed by atoms with Gasteiger partial charge < -0.3 is 5.11 Å². The highest BCUT2D eigenvalue weighted by Gasteiger charge is 2.52. The largest absolute Gasteiger partial charge is 0.507 e. The van der Waals surface area contributed by atoms with Crippen LogP contribution in [0.1, 0.15) is 75.3 Å². The van der Waals surface area contributed by atoms with Crippen molar-refractivity contribution in [3.63, 3.8) is 0 Å². The van der Waals surface area contributed by atoms with Crippen LogP contribution in [0.25, 0.3) is 0 Å². The summed E-state index contributed by atoms with van der Waals surface area (Å²) in [5.74, 6) is 5.01. The van der Waals surface area contributed by atoms with Crippen LogP contribution in [0.2, 0.25) is 0 Å². The van der Waals surface area contributed by atoms with Crippen LogP contribution in [0.3, 0.4) is 0 Å². The number of rotatable bonds is 3. The van der Waals surface area contributed by atoms with Crippen molar-refractivity contribution in [2.75, 3.05) is 0 Å². The number of benzene rings is 1. The Morgan fingerprint density at radius 1 is 0.885 bits per heavy atom. The maximum Gasteiger partial charge on any atom is 0.128 e. The fraction of sp³-hybridized carbons (Fsp3) is 0.708. The first-order chi connectivity index (χ1) is 12.7. The zero-order valence-corrected chi connectivity index (χ0v) is 15.7. The molecule has 3 unspecified atom stereocenters. The van der Waals surface area contributed by atoms with E-state index in [4.69, 9.17) is 4.99 Å². The molecule has 0 amide bonds. The standard InChI is InChI=1S/C24H31NO/c26-23-20(14-25-22-10-15-4-5-19(22)9-15)2-1-3-21(23)24-11-16-6-17(12-24)8-18(7-16)13-24/h1-3,14-19,22,26H,4-13H2. The van der Waals surface area contributed by atoms with Crippen molar-refractivity contribution in [1.82, 2.24) is 0 Å². The number of phenols is 1. The maximum absolute atomic E-state index is 11.2. The van der Waals surface area contributed by atoms with Crippen LogP contribution in [-0.4, -0.2) is 17.4 Å². The number of nitrogens with zero attached hydrogens (tertiary/aromatic N) is 1. The third kappa shape index (κ3) is 2.33. The molecule has 0 saturated heterocycles. The van der Waals surface area contributed by atoms with Gasteiger partial charge in [-0.3, -0.25) is 4.99 Å². The molecule has 0 heterocycles. The molecule has 1 aromatic rings. The molecule has 0 aliphatic heterocycles. The molecule has 3 atom stereocenters. The third-order valence-electron chi connectivity index (χ3n) is 8.78. The van der Waals surface area contributed by atoms with Gasteiger partial charge in [0.1, 0.15) is 5.75 Å². The van der Waals surface area contributed by atoms with Gasteiger partial charge in [-0.25, -0.2) is 0 Å². The van der Waals surface area contributed by atoms with Crippen molar-refractivity contribution in [2.45, 2.75) is 75.7 Å². The van der Waals surface area contributed by atoms with Gasteiger partial charge in [0.15, 0.2) is 0 Å². The van der Waals surface area contributed by atoms with Crippen molar-refractivity contribution < 1.29 is 5.11 Å². The fourth-order valence-corrected chi connectivity index (χ4v) is 8.10. The van der Waals surface area contributed by atoms with Gasteiger partial charge in [-0.2, -0.15) is 0 Å². The number of para-hydroxylation sites is 1. The lowest BCUT2D eigenvalue weighted by molar-refractivity contribution is -0.00613. The van der Waals surface area contributed by atoms with E-state index in [0.29, 0.717) is 11.8 Å². The first kappa shape index (κ1) is 15.7. The van der Waals surface area contributed by atoms with E-state index in [9.17, 15) is 5.11 Å². The van der Waals surface area contributed by atoms with Crippen LogP contribution >= 0.6 is 0 Å². The lowest BCUT2D eigenvalue weighted by atomic mass is 9.48. The monoisotopic (exact) mass is 349 g/mol. The van der Waals surface area contributed by atoms with E-state index in [1.807, 2.05) is 6.21 Å². The topological polar surface area (TPSA) is 32.6 Å². The number of hydrogen-bond acceptors (Lipinski definition) is 2. The molecule has 6 fully saturated rings. The summed E-state index contributed by atoms with van der Waals surface area (Å²) >= 11 is 0. The average Bonchev–Trinajstić information content (AvgIpc) is 3.22. The molecular formula is C24H31NO. The smallest absolute Gasteiger partial charge is 0.128 e. The predicted molar refractivity (Wildman–Crippen MR) is 105 cm³/mol. The Balaban J connectivity index is 1.30. The highest BCUT2D eigenvalue weighted by molar-refractivity contribution is 5.84. The molecule has 7 rings (SSSR count). The van der Waals surface area contributed by atoms with Gasteiger partial charge in [0.05, 0.1) is 6.04 Å². The van der Waals surface area contributed by atoms with Crippen LogP contribution in [0, 0.1) is 29.6 Å². The van der Waals surface area contributed by atoms with Gasteiger partial charge in [0.2, 0.25) is 0 Å². The van der Waals surface area contributed by atoms with Crippen molar-refractivity contribution in [2.24, 2.45) is 34.6 Å². The maximum atomic E-state index is 11.2. The van der Waals surface area contributed by atoms with Gasteiger partial charge in [0.25, 0.3) is 0 Å². The molecule has 2 nitrogen and oxygen atoms in total. The van der Waals surface area contributed by atoms with Crippen molar-refractivity contribution >= 4 is 6.21 Å². The summed E-state index contributed by atoms with van der Waals surface area (Å²) in [4.78, 5) is 4.94. The lowest BCUT2D eigenvalue weighted by Gasteiger charge is -2.57. The second kappa shape index (κ2) is 5.59. The van der Waals surface area contributed by atoms with E-state index in [1.165, 1.54) is 69.8 Å². The summed E-state index contributed by atoms with van der Waals surface area (Å²) in [6.07, 6.45) is 15.7. The van der Waals surface area contributed by atoms with E-state index in [1.54, 1.807) is 0 Å². The quantitative estimate of drug-likeness (QED) is 0.721. The van der Waals surface area contributed by atoms with Crippen LogP contribution in [0.4, 0.5) is 0 Å². The average molecular weight is 350 g/mol. The molecule has 0 spiro atoms. The summed E-state index contributed by atoms with van der Waals surface area (Å²) < 4.78 is 0. The molecule has 6 aliphatic rings. The molecule has 6 bridgehead atoms. The zero-order valence-electron chi connectivity index (χ0n) is 15.7. The Labute approximate surface area is 157 Å². The number of aliphatic imine (C=N–C) groups is 1. The summed E-state index contributed by atoms with van der Waals surface area (Å²) in [6, 6.07) is 6.96. The number of phenolic OH excluding ortho intramolecular Hbond substituents is 1. The predicted octanol–water partition coefficient (Wildman–Crippen LogP) is 5.47. The van der Waals surface area contributed by atoms with E-state index >= 15 is 0 Å². The van der Waals surface area contributed by atoms with E-state index < -0.39 is 0 Å². The van der Waals surface area contributed by atoms with Crippen LogP contribution in [0.5, 0.6) is 5.75 Å². The lowest BCUT2D eigenvalue weighted by Crippen LogP contribution is -2.48. The molecule has 26 heavy (non-hydrogen) atoms. The van der Waals surface area contributed by atoms with Crippen LogP contribution < -0.4 is 0 Å². The zero-order chi connectivity index (χ0) is 17.3. The summed E-state index contributed by atoms with van der Waals surface area (Å²) in [5, 5.41) is 11.2. The Hall–Kier alpha value is -1.31. The molecular weight excluding hydrogens is 318 g/mol. The highest BCUT2D eigenvalue weighted by atomic mass is 16.3. The number of fused-ring (bicyclic) bond motifs is 2. The van der Waals surface area contributed by atoms with Gasteiger partial charge in [-0.1, -0.05) is 18.6 Å². The second-order valence-corrected chi connectivity index (χ2v) is 10.5. The van der Waals surface area contributed by atoms with Crippen LogP contribution in [-0.2, 0) is 5.41 Å². The minimum absolute atomic E-state index is 0.259. The van der Waals surface area contributed by atoms with Crippen molar-refractivity contribution in [1.29, 1.82) is 0 Å². The molecule has 0 aromatic heterocycles. The first-order valence-corrected chi connectivity index (χ1v) is 11.0. The molecule has 1 N–H and O–H groups in total. The van der Waals surface area contributed by atoms with Gasteiger partial charge in [0, 0.05) is 17.3 Å². The van der Waals surface area contributed by atoms with Crippen molar-refractivity contribution in [3.05, 3.63) is 29.3 Å². The minimum Gasteiger partial charge on any atom is -0.507 e. The summed E-state index contributed by atoms with van der Waals surface area (Å²) in [5.41, 5.74) is 2.46. The Morgan fingerprint density at radius 2 is 1.62 bits per heavy atom. The molecule has 0 radical (unpaired) electrons. The number of aromatic hydroxyl groups is 1. The molecule has 1 aromatic carbocycles. The minimum atomic E-state index is 0.259. The highest BCUT2D eigenvalue weighted by Crippen LogP contribution is 2.62. The van der Waals surface area contributed by atoms with Crippen molar-refractivity contribution in [3.8, 4) is 5.75 Å². The van der Waals surface area contributed by atoms with Gasteiger partial charge in [-0.05, 0) is 98.9 Å².